The summed E-state index contributed by atoms with van der Waals surface area (Å²) in [6, 6.07) is 6.04. The molecule has 19 heavy (non-hydrogen) atoms. The summed E-state index contributed by atoms with van der Waals surface area (Å²) < 4.78 is 7.02. The Bertz CT molecular complexity index is 602. The second-order valence-corrected chi connectivity index (χ2v) is 4.67. The number of imidazole rings is 1. The van der Waals surface area contributed by atoms with E-state index in [0.717, 1.165) is 16.9 Å². The summed E-state index contributed by atoms with van der Waals surface area (Å²) in [6.07, 6.45) is -0.443. The van der Waals surface area contributed by atoms with Crippen LogP contribution in [0.1, 0.15) is 32.6 Å². The van der Waals surface area contributed by atoms with E-state index < -0.39 is 6.09 Å². The van der Waals surface area contributed by atoms with Gasteiger partial charge < -0.3 is 9.30 Å². The minimum Gasteiger partial charge on any atom is -0.450 e. The molecule has 0 radical (unpaired) electrons. The van der Waals surface area contributed by atoms with Gasteiger partial charge in [-0.15, -0.1) is 0 Å². The van der Waals surface area contributed by atoms with Gasteiger partial charge in [0, 0.05) is 11.7 Å². The third kappa shape index (κ3) is 2.70. The highest BCUT2D eigenvalue weighted by atomic mass is 16.5. The summed E-state index contributed by atoms with van der Waals surface area (Å²) in [6.45, 7) is 8.36. The number of carbonyl (C=O) groups excluding carboxylic acids is 1. The van der Waals surface area contributed by atoms with Gasteiger partial charge in [-0.1, -0.05) is 0 Å². The zero-order valence-electron chi connectivity index (χ0n) is 11.7. The first-order valence-electron chi connectivity index (χ1n) is 6.45. The number of amides is 1. The van der Waals surface area contributed by atoms with Crippen molar-refractivity contribution in [1.29, 1.82) is 0 Å². The predicted octanol–water partition coefficient (Wildman–Crippen LogP) is 3.49. The summed E-state index contributed by atoms with van der Waals surface area (Å²) in [7, 11) is 0. The number of benzene rings is 1. The fourth-order valence-electron chi connectivity index (χ4n) is 2.23. The maximum absolute atomic E-state index is 11.4. The second kappa shape index (κ2) is 5.30. The molecular formula is C14H19N3O2. The lowest BCUT2D eigenvalue weighted by Gasteiger charge is -2.11. The van der Waals surface area contributed by atoms with Crippen LogP contribution in [-0.2, 0) is 4.74 Å². The van der Waals surface area contributed by atoms with E-state index in [1.807, 2.05) is 25.1 Å². The Balaban J connectivity index is 2.34. The maximum Gasteiger partial charge on any atom is 0.411 e. The molecule has 2 rings (SSSR count). The van der Waals surface area contributed by atoms with E-state index in [-0.39, 0.29) is 0 Å². The number of anilines is 1. The fourth-order valence-corrected chi connectivity index (χ4v) is 2.23. The molecule has 0 saturated heterocycles. The Morgan fingerprint density at radius 3 is 2.84 bits per heavy atom. The number of hydrogen-bond acceptors (Lipinski definition) is 3. The first kappa shape index (κ1) is 13.4. The van der Waals surface area contributed by atoms with Crippen molar-refractivity contribution in [3.63, 3.8) is 0 Å². The summed E-state index contributed by atoms with van der Waals surface area (Å²) in [5, 5.41) is 2.68. The molecule has 0 spiro atoms. The van der Waals surface area contributed by atoms with Crippen molar-refractivity contribution in [3.8, 4) is 0 Å². The van der Waals surface area contributed by atoms with Crippen molar-refractivity contribution < 1.29 is 9.53 Å². The largest absolute Gasteiger partial charge is 0.450 e. The van der Waals surface area contributed by atoms with Crippen molar-refractivity contribution >= 4 is 22.8 Å². The molecule has 0 aliphatic carbocycles. The normalized spacial score (nSPS) is 11.0. The van der Waals surface area contributed by atoms with Crippen LogP contribution in [-0.4, -0.2) is 22.3 Å². The number of rotatable bonds is 3. The van der Waals surface area contributed by atoms with E-state index in [2.05, 4.69) is 28.7 Å². The molecule has 2 aromatic rings. The highest BCUT2D eigenvalue weighted by Crippen LogP contribution is 2.23. The molecule has 0 fully saturated rings. The van der Waals surface area contributed by atoms with Crippen molar-refractivity contribution in [3.05, 3.63) is 24.0 Å². The summed E-state index contributed by atoms with van der Waals surface area (Å²) in [4.78, 5) is 15.9. The van der Waals surface area contributed by atoms with Gasteiger partial charge in [-0.2, -0.15) is 0 Å². The van der Waals surface area contributed by atoms with E-state index in [0.29, 0.717) is 18.3 Å². The number of nitrogens with zero attached hydrogens (tertiary/aromatic N) is 2. The molecule has 5 heteroatoms. The fraction of sp³-hybridized carbons (Fsp3) is 0.429. The van der Waals surface area contributed by atoms with Crippen LogP contribution >= 0.6 is 0 Å². The summed E-state index contributed by atoms with van der Waals surface area (Å²) in [5.74, 6) is 0.971. The Labute approximate surface area is 112 Å². The first-order valence-corrected chi connectivity index (χ1v) is 6.45. The van der Waals surface area contributed by atoms with E-state index in [1.165, 1.54) is 0 Å². The number of fused-ring (bicyclic) bond motifs is 1. The Morgan fingerprint density at radius 2 is 2.21 bits per heavy atom. The molecule has 0 atom stereocenters. The van der Waals surface area contributed by atoms with Crippen LogP contribution in [0.2, 0.25) is 0 Å². The summed E-state index contributed by atoms with van der Waals surface area (Å²) in [5.41, 5.74) is 2.64. The van der Waals surface area contributed by atoms with Crippen molar-refractivity contribution in [2.24, 2.45) is 0 Å². The Hall–Kier alpha value is -2.04. The SMILES string of the molecule is CCOC(=O)Nc1ccc2c(c1)nc(C)n2C(C)C. The number of hydrogen-bond donors (Lipinski definition) is 1. The Kier molecular flexibility index (Phi) is 3.74. The van der Waals surface area contributed by atoms with Crippen LogP contribution in [0.15, 0.2) is 18.2 Å². The highest BCUT2D eigenvalue weighted by molar-refractivity contribution is 5.89. The zero-order chi connectivity index (χ0) is 14.0. The lowest BCUT2D eigenvalue weighted by molar-refractivity contribution is 0.168. The number of aryl methyl sites for hydroxylation is 1. The van der Waals surface area contributed by atoms with Gasteiger partial charge in [-0.05, 0) is 45.9 Å². The zero-order valence-corrected chi connectivity index (χ0v) is 11.7. The molecular weight excluding hydrogens is 242 g/mol. The van der Waals surface area contributed by atoms with Crippen molar-refractivity contribution in [2.75, 3.05) is 11.9 Å². The molecule has 5 nitrogen and oxygen atoms in total. The van der Waals surface area contributed by atoms with Crippen LogP contribution in [0.5, 0.6) is 0 Å². The molecule has 1 amide bonds. The highest BCUT2D eigenvalue weighted by Gasteiger charge is 2.11. The smallest absolute Gasteiger partial charge is 0.411 e. The van der Waals surface area contributed by atoms with Crippen LogP contribution in [0, 0.1) is 6.92 Å². The van der Waals surface area contributed by atoms with Crippen LogP contribution in [0.4, 0.5) is 10.5 Å². The topological polar surface area (TPSA) is 56.1 Å². The number of aromatic nitrogens is 2. The van der Waals surface area contributed by atoms with Gasteiger partial charge in [0.15, 0.2) is 0 Å². The average Bonchev–Trinajstić information content (AvgIpc) is 2.64. The van der Waals surface area contributed by atoms with E-state index in [9.17, 15) is 4.79 Å². The minimum atomic E-state index is -0.443. The van der Waals surface area contributed by atoms with Gasteiger partial charge in [0.05, 0.1) is 17.6 Å². The van der Waals surface area contributed by atoms with E-state index >= 15 is 0 Å². The van der Waals surface area contributed by atoms with Crippen LogP contribution in [0.3, 0.4) is 0 Å². The third-order valence-electron chi connectivity index (χ3n) is 2.90. The van der Waals surface area contributed by atoms with Gasteiger partial charge in [-0.25, -0.2) is 9.78 Å². The van der Waals surface area contributed by atoms with Gasteiger partial charge in [-0.3, -0.25) is 5.32 Å². The standard InChI is InChI=1S/C14H19N3O2/c1-5-19-14(18)16-11-6-7-13-12(8-11)15-10(4)17(13)9(2)3/h6-9H,5H2,1-4H3,(H,16,18). The monoisotopic (exact) mass is 261 g/mol. The molecule has 1 aromatic carbocycles. The van der Waals surface area contributed by atoms with Crippen molar-refractivity contribution in [1.82, 2.24) is 9.55 Å². The molecule has 102 valence electrons. The number of nitrogens with one attached hydrogen (secondary N) is 1. The summed E-state index contributed by atoms with van der Waals surface area (Å²) >= 11 is 0. The minimum absolute atomic E-state index is 0.355. The molecule has 0 aliphatic rings. The number of carbonyl (C=O) groups is 1. The molecule has 0 bridgehead atoms. The van der Waals surface area contributed by atoms with Crippen LogP contribution < -0.4 is 5.32 Å². The molecule has 1 heterocycles. The average molecular weight is 261 g/mol. The predicted molar refractivity (Wildman–Crippen MR) is 75.5 cm³/mol. The van der Waals surface area contributed by atoms with Crippen molar-refractivity contribution in [2.45, 2.75) is 33.7 Å². The lowest BCUT2D eigenvalue weighted by Crippen LogP contribution is -2.13. The maximum atomic E-state index is 11.4. The molecule has 1 aromatic heterocycles. The van der Waals surface area contributed by atoms with E-state index in [4.69, 9.17) is 4.74 Å². The molecule has 0 aliphatic heterocycles. The van der Waals surface area contributed by atoms with Crippen LogP contribution in [0.25, 0.3) is 11.0 Å². The van der Waals surface area contributed by atoms with E-state index in [1.54, 1.807) is 6.92 Å². The third-order valence-corrected chi connectivity index (χ3v) is 2.90. The quantitative estimate of drug-likeness (QED) is 0.920. The van der Waals surface area contributed by atoms with Gasteiger partial charge in [0.25, 0.3) is 0 Å². The Morgan fingerprint density at radius 1 is 1.47 bits per heavy atom. The molecule has 1 N–H and O–H groups in total. The van der Waals surface area contributed by atoms with Gasteiger partial charge in [0.2, 0.25) is 0 Å². The molecule has 0 unspecified atom stereocenters. The molecule has 0 saturated carbocycles. The van der Waals surface area contributed by atoms with Gasteiger partial charge >= 0.3 is 6.09 Å². The lowest BCUT2D eigenvalue weighted by atomic mass is 10.2. The van der Waals surface area contributed by atoms with Gasteiger partial charge in [0.1, 0.15) is 5.82 Å². The second-order valence-electron chi connectivity index (χ2n) is 4.67. The number of ether oxygens (including phenoxy) is 1. The first-order chi connectivity index (χ1) is 9.02.